The van der Waals surface area contributed by atoms with Crippen molar-refractivity contribution in [2.24, 2.45) is 5.73 Å². The number of anilines is 1. The molecule has 148 valence electrons. The molecule has 0 fully saturated rings. The maximum atomic E-state index is 5.96. The Labute approximate surface area is 174 Å². The van der Waals surface area contributed by atoms with Crippen LogP contribution in [0.2, 0.25) is 0 Å². The van der Waals surface area contributed by atoms with Crippen molar-refractivity contribution in [2.45, 2.75) is 6.54 Å². The van der Waals surface area contributed by atoms with Gasteiger partial charge in [-0.15, -0.1) is 0 Å². The van der Waals surface area contributed by atoms with Crippen molar-refractivity contribution in [3.63, 3.8) is 0 Å². The van der Waals surface area contributed by atoms with Gasteiger partial charge in [-0.3, -0.25) is 0 Å². The third kappa shape index (κ3) is 4.50. The van der Waals surface area contributed by atoms with Gasteiger partial charge in [0.1, 0.15) is 5.75 Å². The predicted molar refractivity (Wildman–Crippen MR) is 119 cm³/mol. The number of hydrogen-bond acceptors (Lipinski definition) is 6. The lowest BCUT2D eigenvalue weighted by molar-refractivity contribution is 0.378. The number of nitrogens with two attached hydrogens (primary N) is 1. The largest absolute Gasteiger partial charge is 0.493 e. The fourth-order valence-corrected chi connectivity index (χ4v) is 4.11. The first-order valence-corrected chi connectivity index (χ1v) is 10.3. The highest BCUT2D eigenvalue weighted by Gasteiger charge is 2.14. The van der Waals surface area contributed by atoms with Crippen LogP contribution in [0.5, 0.6) is 17.2 Å². The molecule has 5 nitrogen and oxygen atoms in total. The van der Waals surface area contributed by atoms with Crippen molar-refractivity contribution >= 4 is 26.7 Å². The van der Waals surface area contributed by atoms with E-state index in [4.69, 9.17) is 20.2 Å². The van der Waals surface area contributed by atoms with E-state index in [0.717, 1.165) is 28.5 Å². The third-order valence-electron chi connectivity index (χ3n) is 4.52. The smallest absolute Gasteiger partial charge is 0.186 e. The van der Waals surface area contributed by atoms with Crippen molar-refractivity contribution in [3.8, 4) is 17.2 Å². The minimum absolute atomic E-state index is 0.558. The first-order valence-electron chi connectivity index (χ1n) is 9.47. The molecule has 1 aromatic heterocycles. The minimum Gasteiger partial charge on any atom is -0.493 e. The second kappa shape index (κ2) is 8.94. The molecule has 0 amide bonds. The highest BCUT2D eigenvalue weighted by molar-refractivity contribution is 7.22. The average Bonchev–Trinajstić information content (AvgIpc) is 3.19. The molecule has 0 saturated heterocycles. The lowest BCUT2D eigenvalue weighted by Gasteiger charge is -2.21. The zero-order chi connectivity index (χ0) is 20.1. The number of benzene rings is 3. The SMILES string of the molecule is COc1cc(CN(CCN)c2nc3ccccc3s2)ccc1Oc1ccccc1. The standard InChI is InChI=1S/C23H23N3O2S/c1-27-21-15-17(11-12-20(21)28-18-7-3-2-4-8-18)16-26(14-13-24)23-25-19-9-5-6-10-22(19)29-23/h2-12,15H,13-14,16,24H2,1H3. The van der Waals surface area contributed by atoms with Crippen molar-refractivity contribution in [2.75, 3.05) is 25.1 Å². The van der Waals surface area contributed by atoms with Gasteiger partial charge in [0.15, 0.2) is 16.6 Å². The fraction of sp³-hybridized carbons (Fsp3) is 0.174. The second-order valence-electron chi connectivity index (χ2n) is 6.57. The highest BCUT2D eigenvalue weighted by Crippen LogP contribution is 2.34. The van der Waals surface area contributed by atoms with E-state index < -0.39 is 0 Å². The summed E-state index contributed by atoms with van der Waals surface area (Å²) in [7, 11) is 1.65. The Balaban J connectivity index is 1.57. The van der Waals surface area contributed by atoms with Crippen molar-refractivity contribution < 1.29 is 9.47 Å². The Hall–Kier alpha value is -3.09. The molecule has 0 bridgehead atoms. The van der Waals surface area contributed by atoms with E-state index in [1.807, 2.05) is 60.7 Å². The van der Waals surface area contributed by atoms with Crippen molar-refractivity contribution in [1.82, 2.24) is 4.98 Å². The number of thiazole rings is 1. The Bertz CT molecular complexity index is 1050. The first-order chi connectivity index (χ1) is 14.3. The van der Waals surface area contributed by atoms with Crippen LogP contribution in [0.3, 0.4) is 0 Å². The van der Waals surface area contributed by atoms with Gasteiger partial charge >= 0.3 is 0 Å². The van der Waals surface area contributed by atoms with E-state index in [9.17, 15) is 0 Å². The summed E-state index contributed by atoms with van der Waals surface area (Å²) in [6, 6.07) is 23.9. The molecule has 4 aromatic rings. The minimum atomic E-state index is 0.558. The number of para-hydroxylation sites is 2. The molecular weight excluding hydrogens is 382 g/mol. The topological polar surface area (TPSA) is 60.6 Å². The monoisotopic (exact) mass is 405 g/mol. The van der Waals surface area contributed by atoms with Crippen LogP contribution in [0.25, 0.3) is 10.2 Å². The summed E-state index contributed by atoms with van der Waals surface area (Å²) in [5.74, 6) is 2.16. The predicted octanol–water partition coefficient (Wildman–Crippen LogP) is 5.06. The van der Waals surface area contributed by atoms with Crippen LogP contribution >= 0.6 is 11.3 Å². The summed E-state index contributed by atoms with van der Waals surface area (Å²) in [5, 5.41) is 0.972. The lowest BCUT2D eigenvalue weighted by atomic mass is 10.2. The van der Waals surface area contributed by atoms with E-state index in [2.05, 4.69) is 17.0 Å². The van der Waals surface area contributed by atoms with Gasteiger partial charge in [0.25, 0.3) is 0 Å². The molecule has 0 aliphatic heterocycles. The van der Waals surface area contributed by atoms with Crippen LogP contribution in [-0.4, -0.2) is 25.2 Å². The summed E-state index contributed by atoms with van der Waals surface area (Å²) in [4.78, 5) is 6.98. The van der Waals surface area contributed by atoms with Gasteiger partial charge < -0.3 is 20.1 Å². The number of hydrogen-bond donors (Lipinski definition) is 1. The lowest BCUT2D eigenvalue weighted by Crippen LogP contribution is -2.28. The maximum absolute atomic E-state index is 5.96. The molecule has 0 radical (unpaired) electrons. The van der Waals surface area contributed by atoms with E-state index in [-0.39, 0.29) is 0 Å². The van der Waals surface area contributed by atoms with Gasteiger partial charge in [0.2, 0.25) is 0 Å². The third-order valence-corrected chi connectivity index (χ3v) is 5.62. The molecule has 1 heterocycles. The van der Waals surface area contributed by atoms with Crippen LogP contribution < -0.4 is 20.1 Å². The van der Waals surface area contributed by atoms with Crippen LogP contribution in [0.15, 0.2) is 72.8 Å². The molecule has 0 atom stereocenters. The molecule has 0 spiro atoms. The molecule has 2 N–H and O–H groups in total. The number of nitrogens with zero attached hydrogens (tertiary/aromatic N) is 2. The number of ether oxygens (including phenoxy) is 2. The van der Waals surface area contributed by atoms with Crippen LogP contribution in [0.4, 0.5) is 5.13 Å². The molecule has 3 aromatic carbocycles. The van der Waals surface area contributed by atoms with E-state index >= 15 is 0 Å². The quantitative estimate of drug-likeness (QED) is 0.444. The molecule has 0 aliphatic rings. The Morgan fingerprint density at radius 2 is 1.76 bits per heavy atom. The summed E-state index contributed by atoms with van der Waals surface area (Å²) in [5.41, 5.74) is 7.99. The molecule has 6 heteroatoms. The van der Waals surface area contributed by atoms with Crippen LogP contribution in [0, 0.1) is 0 Å². The van der Waals surface area contributed by atoms with Gasteiger partial charge in [-0.05, 0) is 42.0 Å². The van der Waals surface area contributed by atoms with Gasteiger partial charge in [0.05, 0.1) is 17.3 Å². The first kappa shape index (κ1) is 19.2. The average molecular weight is 406 g/mol. The summed E-state index contributed by atoms with van der Waals surface area (Å²) < 4.78 is 12.7. The zero-order valence-electron chi connectivity index (χ0n) is 16.2. The van der Waals surface area contributed by atoms with E-state index in [1.54, 1.807) is 18.4 Å². The molecule has 0 saturated carbocycles. The van der Waals surface area contributed by atoms with Crippen LogP contribution in [0.1, 0.15) is 5.56 Å². The van der Waals surface area contributed by atoms with Crippen LogP contribution in [-0.2, 0) is 6.54 Å². The molecular formula is C23H23N3O2S. The zero-order valence-corrected chi connectivity index (χ0v) is 17.1. The summed E-state index contributed by atoms with van der Waals surface area (Å²) >= 11 is 1.68. The Kier molecular flexibility index (Phi) is 5.93. The summed E-state index contributed by atoms with van der Waals surface area (Å²) in [6.07, 6.45) is 0. The number of aromatic nitrogens is 1. The normalized spacial score (nSPS) is 10.8. The number of fused-ring (bicyclic) bond motifs is 1. The van der Waals surface area contributed by atoms with Crippen molar-refractivity contribution in [3.05, 3.63) is 78.4 Å². The van der Waals surface area contributed by atoms with E-state index in [1.165, 1.54) is 4.70 Å². The molecule has 0 unspecified atom stereocenters. The van der Waals surface area contributed by atoms with Gasteiger partial charge in [0, 0.05) is 19.6 Å². The van der Waals surface area contributed by atoms with Gasteiger partial charge in [-0.1, -0.05) is 47.7 Å². The summed E-state index contributed by atoms with van der Waals surface area (Å²) in [6.45, 7) is 1.98. The molecule has 4 rings (SSSR count). The molecule has 0 aliphatic carbocycles. The fourth-order valence-electron chi connectivity index (χ4n) is 3.12. The Morgan fingerprint density at radius 1 is 0.966 bits per heavy atom. The number of methoxy groups -OCH3 is 1. The maximum Gasteiger partial charge on any atom is 0.186 e. The van der Waals surface area contributed by atoms with Gasteiger partial charge in [-0.25, -0.2) is 4.98 Å². The second-order valence-corrected chi connectivity index (χ2v) is 7.58. The Morgan fingerprint density at radius 3 is 2.52 bits per heavy atom. The van der Waals surface area contributed by atoms with Crippen molar-refractivity contribution in [1.29, 1.82) is 0 Å². The highest BCUT2D eigenvalue weighted by atomic mass is 32.1. The van der Waals surface area contributed by atoms with E-state index in [0.29, 0.717) is 24.6 Å². The number of rotatable bonds is 8. The molecule has 29 heavy (non-hydrogen) atoms. The van der Waals surface area contributed by atoms with Gasteiger partial charge in [-0.2, -0.15) is 0 Å².